The monoisotopic (exact) mass is 277 g/mol. The van der Waals surface area contributed by atoms with Crippen molar-refractivity contribution in [1.82, 2.24) is 0 Å². The molecule has 20 heavy (non-hydrogen) atoms. The van der Waals surface area contributed by atoms with Crippen molar-refractivity contribution in [2.45, 2.75) is 38.2 Å². The molecule has 0 aromatic heterocycles. The van der Waals surface area contributed by atoms with Gasteiger partial charge in [0.2, 0.25) is 0 Å². The molecule has 0 spiro atoms. The van der Waals surface area contributed by atoms with E-state index in [0.717, 1.165) is 5.69 Å². The highest BCUT2D eigenvalue weighted by Gasteiger charge is 2.13. The predicted octanol–water partition coefficient (Wildman–Crippen LogP) is 2.13. The molecule has 0 atom stereocenters. The molecule has 5 nitrogen and oxygen atoms in total. The molecule has 1 saturated carbocycles. The maximum atomic E-state index is 11.2. The molecule has 1 aromatic carbocycles. The van der Waals surface area contributed by atoms with Crippen LogP contribution in [0.5, 0.6) is 0 Å². The number of carbonyl (C=O) groups excluding carboxylic acids is 1. The maximum absolute atomic E-state index is 11.2. The zero-order valence-electron chi connectivity index (χ0n) is 11.7. The lowest BCUT2D eigenvalue weighted by atomic mass is 9.98. The standard InChI is InChI=1S/C15H23N3O2/c16-14-12(15(17)19)7-4-8-13(14)18-9-10-20-11-5-2-1-3-6-11/h4,7-8,11,18H,1-3,5-6,9-10,16H2,(H2,17,19). The van der Waals surface area contributed by atoms with Crippen molar-refractivity contribution >= 4 is 17.3 Å². The lowest BCUT2D eigenvalue weighted by molar-refractivity contribution is 0.0347. The summed E-state index contributed by atoms with van der Waals surface area (Å²) < 4.78 is 5.83. The van der Waals surface area contributed by atoms with E-state index in [1.165, 1.54) is 32.1 Å². The molecule has 0 saturated heterocycles. The SMILES string of the molecule is NC(=O)c1cccc(NCCOC2CCCCC2)c1N. The van der Waals surface area contributed by atoms with E-state index in [4.69, 9.17) is 16.2 Å². The third-order valence-electron chi connectivity index (χ3n) is 3.69. The van der Waals surface area contributed by atoms with Crippen molar-refractivity contribution in [3.05, 3.63) is 23.8 Å². The van der Waals surface area contributed by atoms with Gasteiger partial charge in [-0.05, 0) is 25.0 Å². The summed E-state index contributed by atoms with van der Waals surface area (Å²) in [6, 6.07) is 5.23. The second kappa shape index (κ2) is 7.14. The fourth-order valence-electron chi connectivity index (χ4n) is 2.58. The van der Waals surface area contributed by atoms with Crippen LogP contribution in [-0.2, 0) is 4.74 Å². The highest BCUT2D eigenvalue weighted by Crippen LogP contribution is 2.22. The van der Waals surface area contributed by atoms with Gasteiger partial charge in [0.05, 0.1) is 29.6 Å². The minimum atomic E-state index is -0.510. The first-order valence-electron chi connectivity index (χ1n) is 7.22. The molecule has 110 valence electrons. The number of nitrogen functional groups attached to an aromatic ring is 1. The molecule has 0 unspecified atom stereocenters. The molecule has 0 heterocycles. The Morgan fingerprint density at radius 1 is 1.30 bits per heavy atom. The number of primary amides is 1. The van der Waals surface area contributed by atoms with Crippen LogP contribution in [0, 0.1) is 0 Å². The van der Waals surface area contributed by atoms with Crippen LogP contribution in [0.1, 0.15) is 42.5 Å². The third kappa shape index (κ3) is 3.87. The first-order chi connectivity index (χ1) is 9.68. The molecule has 1 aliphatic rings. The summed E-state index contributed by atoms with van der Waals surface area (Å²) in [7, 11) is 0. The number of ether oxygens (including phenoxy) is 1. The molecule has 0 radical (unpaired) electrons. The molecule has 2 rings (SSSR count). The second-order valence-corrected chi connectivity index (χ2v) is 5.19. The fraction of sp³-hybridized carbons (Fsp3) is 0.533. The maximum Gasteiger partial charge on any atom is 0.250 e. The molecular formula is C15H23N3O2. The Hall–Kier alpha value is -1.75. The van der Waals surface area contributed by atoms with E-state index >= 15 is 0 Å². The molecule has 5 N–H and O–H groups in total. The van der Waals surface area contributed by atoms with Crippen LogP contribution >= 0.6 is 0 Å². The molecule has 0 aliphatic heterocycles. The van der Waals surface area contributed by atoms with Crippen molar-refractivity contribution in [3.8, 4) is 0 Å². The Labute approximate surface area is 119 Å². The van der Waals surface area contributed by atoms with Gasteiger partial charge in [-0.15, -0.1) is 0 Å². The molecular weight excluding hydrogens is 254 g/mol. The summed E-state index contributed by atoms with van der Waals surface area (Å²) in [4.78, 5) is 11.2. The molecule has 0 bridgehead atoms. The highest BCUT2D eigenvalue weighted by atomic mass is 16.5. The summed E-state index contributed by atoms with van der Waals surface area (Å²) >= 11 is 0. The fourth-order valence-corrected chi connectivity index (χ4v) is 2.58. The van der Waals surface area contributed by atoms with Crippen LogP contribution in [-0.4, -0.2) is 25.2 Å². The smallest absolute Gasteiger partial charge is 0.250 e. The minimum Gasteiger partial charge on any atom is -0.396 e. The Balaban J connectivity index is 1.79. The number of hydrogen-bond donors (Lipinski definition) is 3. The van der Waals surface area contributed by atoms with Crippen LogP contribution < -0.4 is 16.8 Å². The van der Waals surface area contributed by atoms with Gasteiger partial charge in [-0.3, -0.25) is 4.79 Å². The highest BCUT2D eigenvalue weighted by molar-refractivity contribution is 6.00. The van der Waals surface area contributed by atoms with Gasteiger partial charge in [0, 0.05) is 6.54 Å². The Bertz CT molecular complexity index is 456. The minimum absolute atomic E-state index is 0.350. The quantitative estimate of drug-likeness (QED) is 0.549. The number of carbonyl (C=O) groups is 1. The second-order valence-electron chi connectivity index (χ2n) is 5.19. The lowest BCUT2D eigenvalue weighted by Gasteiger charge is -2.22. The van der Waals surface area contributed by atoms with Crippen molar-refractivity contribution in [3.63, 3.8) is 0 Å². The zero-order valence-corrected chi connectivity index (χ0v) is 11.7. The van der Waals surface area contributed by atoms with Crippen LogP contribution in [0.15, 0.2) is 18.2 Å². The van der Waals surface area contributed by atoms with Crippen LogP contribution in [0.3, 0.4) is 0 Å². The normalized spacial score (nSPS) is 16.0. The van der Waals surface area contributed by atoms with Crippen molar-refractivity contribution in [1.29, 1.82) is 0 Å². The van der Waals surface area contributed by atoms with Gasteiger partial charge in [-0.25, -0.2) is 0 Å². The number of rotatable bonds is 6. The van der Waals surface area contributed by atoms with Crippen molar-refractivity contribution in [2.75, 3.05) is 24.2 Å². The number of anilines is 2. The van der Waals surface area contributed by atoms with E-state index in [1.807, 2.05) is 6.07 Å². The number of nitrogens with two attached hydrogens (primary N) is 2. The molecule has 1 amide bonds. The zero-order chi connectivity index (χ0) is 14.4. The van der Waals surface area contributed by atoms with E-state index < -0.39 is 5.91 Å². The lowest BCUT2D eigenvalue weighted by Crippen LogP contribution is -2.21. The molecule has 1 aromatic rings. The van der Waals surface area contributed by atoms with Gasteiger partial charge >= 0.3 is 0 Å². The summed E-state index contributed by atoms with van der Waals surface area (Å²) in [5.41, 5.74) is 12.7. The number of amides is 1. The Kier molecular flexibility index (Phi) is 5.24. The van der Waals surface area contributed by atoms with Crippen molar-refractivity contribution < 1.29 is 9.53 Å². The first kappa shape index (κ1) is 14.7. The third-order valence-corrected chi connectivity index (χ3v) is 3.69. The van der Waals surface area contributed by atoms with Crippen LogP contribution in [0.2, 0.25) is 0 Å². The molecule has 5 heteroatoms. The predicted molar refractivity (Wildman–Crippen MR) is 80.7 cm³/mol. The van der Waals surface area contributed by atoms with Gasteiger partial charge in [0.25, 0.3) is 5.91 Å². The average molecular weight is 277 g/mol. The number of nitrogens with one attached hydrogen (secondary N) is 1. The number of hydrogen-bond acceptors (Lipinski definition) is 4. The molecule has 1 fully saturated rings. The van der Waals surface area contributed by atoms with Crippen LogP contribution in [0.4, 0.5) is 11.4 Å². The Morgan fingerprint density at radius 2 is 2.05 bits per heavy atom. The van der Waals surface area contributed by atoms with Gasteiger partial charge in [0.1, 0.15) is 0 Å². The topological polar surface area (TPSA) is 90.4 Å². The summed E-state index contributed by atoms with van der Waals surface area (Å²) in [5.74, 6) is -0.510. The van der Waals surface area contributed by atoms with Gasteiger partial charge in [-0.2, -0.15) is 0 Å². The number of benzene rings is 1. The molecule has 1 aliphatic carbocycles. The van der Waals surface area contributed by atoms with E-state index in [-0.39, 0.29) is 0 Å². The van der Waals surface area contributed by atoms with E-state index in [9.17, 15) is 4.79 Å². The summed E-state index contributed by atoms with van der Waals surface area (Å²) in [5, 5.41) is 3.19. The van der Waals surface area contributed by atoms with Crippen molar-refractivity contribution in [2.24, 2.45) is 5.73 Å². The Morgan fingerprint density at radius 3 is 2.75 bits per heavy atom. The largest absolute Gasteiger partial charge is 0.396 e. The summed E-state index contributed by atoms with van der Waals surface area (Å²) in [6.07, 6.45) is 6.60. The van der Waals surface area contributed by atoms with Gasteiger partial charge in [0.15, 0.2) is 0 Å². The van der Waals surface area contributed by atoms with Gasteiger partial charge in [-0.1, -0.05) is 25.3 Å². The van der Waals surface area contributed by atoms with E-state index in [2.05, 4.69) is 5.32 Å². The van der Waals surface area contributed by atoms with E-state index in [1.54, 1.807) is 12.1 Å². The first-order valence-corrected chi connectivity index (χ1v) is 7.22. The average Bonchev–Trinajstić information content (AvgIpc) is 2.46. The van der Waals surface area contributed by atoms with Gasteiger partial charge < -0.3 is 21.5 Å². The number of para-hydroxylation sites is 1. The summed E-state index contributed by atoms with van der Waals surface area (Å²) in [6.45, 7) is 1.31. The van der Waals surface area contributed by atoms with E-state index in [0.29, 0.717) is 30.5 Å². The van der Waals surface area contributed by atoms with Crippen LogP contribution in [0.25, 0.3) is 0 Å².